The zero-order valence-electron chi connectivity index (χ0n) is 10.4. The van der Waals surface area contributed by atoms with Gasteiger partial charge in [0.2, 0.25) is 11.9 Å². The van der Waals surface area contributed by atoms with Gasteiger partial charge in [-0.25, -0.2) is 8.78 Å². The van der Waals surface area contributed by atoms with E-state index >= 15 is 0 Å². The van der Waals surface area contributed by atoms with Gasteiger partial charge in [-0.2, -0.15) is 0 Å². The van der Waals surface area contributed by atoms with Gasteiger partial charge in [-0.05, 0) is 12.1 Å². The molecule has 106 valence electrons. The third-order valence-electron chi connectivity index (χ3n) is 2.41. The van der Waals surface area contributed by atoms with Gasteiger partial charge in [0.25, 0.3) is 0 Å². The van der Waals surface area contributed by atoms with Crippen LogP contribution in [0.25, 0.3) is 0 Å². The van der Waals surface area contributed by atoms with Gasteiger partial charge in [0, 0.05) is 13.1 Å². The summed E-state index contributed by atoms with van der Waals surface area (Å²) in [5.74, 6) is -1.74. The maximum atomic E-state index is 13.3. The lowest BCUT2D eigenvalue weighted by atomic mass is 10.3. The number of rotatable bonds is 4. The Balaban J connectivity index is 1.94. The summed E-state index contributed by atoms with van der Waals surface area (Å²) in [5.41, 5.74) is 5.42. The van der Waals surface area contributed by atoms with E-state index < -0.39 is 17.5 Å². The Labute approximate surface area is 117 Å². The molecule has 0 saturated heterocycles. The van der Waals surface area contributed by atoms with E-state index in [0.29, 0.717) is 11.2 Å². The SMILES string of the molecule is Cn1c(N)nnc1SCC(=O)Nc1ccc(F)cc1F. The molecule has 2 aromatic rings. The van der Waals surface area contributed by atoms with Gasteiger partial charge in [-0.3, -0.25) is 9.36 Å². The zero-order valence-corrected chi connectivity index (χ0v) is 11.2. The summed E-state index contributed by atoms with van der Waals surface area (Å²) < 4.78 is 27.6. The van der Waals surface area contributed by atoms with Crippen LogP contribution in [0.3, 0.4) is 0 Å². The molecule has 0 spiro atoms. The van der Waals surface area contributed by atoms with Crippen molar-refractivity contribution in [2.45, 2.75) is 5.16 Å². The first-order valence-electron chi connectivity index (χ1n) is 5.50. The molecule has 0 bridgehead atoms. The first-order chi connectivity index (χ1) is 9.47. The normalized spacial score (nSPS) is 10.6. The summed E-state index contributed by atoms with van der Waals surface area (Å²) >= 11 is 1.11. The predicted octanol–water partition coefficient (Wildman–Crippen LogP) is 1.41. The lowest BCUT2D eigenvalue weighted by molar-refractivity contribution is -0.113. The molecule has 0 atom stereocenters. The van der Waals surface area contributed by atoms with Crippen molar-refractivity contribution in [1.29, 1.82) is 0 Å². The van der Waals surface area contributed by atoms with Crippen LogP contribution in [-0.2, 0) is 11.8 Å². The van der Waals surface area contributed by atoms with Crippen molar-refractivity contribution in [2.75, 3.05) is 16.8 Å². The number of amides is 1. The van der Waals surface area contributed by atoms with Crippen molar-refractivity contribution in [1.82, 2.24) is 14.8 Å². The van der Waals surface area contributed by atoms with Crippen LogP contribution in [0.4, 0.5) is 20.4 Å². The molecule has 1 aromatic carbocycles. The van der Waals surface area contributed by atoms with Gasteiger partial charge < -0.3 is 11.1 Å². The number of benzene rings is 1. The highest BCUT2D eigenvalue weighted by Gasteiger charge is 2.11. The molecule has 9 heteroatoms. The fourth-order valence-electron chi connectivity index (χ4n) is 1.36. The monoisotopic (exact) mass is 299 g/mol. The van der Waals surface area contributed by atoms with E-state index in [2.05, 4.69) is 15.5 Å². The topological polar surface area (TPSA) is 85.8 Å². The first-order valence-corrected chi connectivity index (χ1v) is 6.48. The van der Waals surface area contributed by atoms with Crippen molar-refractivity contribution >= 4 is 29.3 Å². The molecule has 3 N–H and O–H groups in total. The number of carbonyl (C=O) groups excluding carboxylic acids is 1. The van der Waals surface area contributed by atoms with Gasteiger partial charge >= 0.3 is 0 Å². The van der Waals surface area contributed by atoms with Crippen LogP contribution >= 0.6 is 11.8 Å². The molecular weight excluding hydrogens is 288 g/mol. The van der Waals surface area contributed by atoms with Crippen LogP contribution in [0.2, 0.25) is 0 Å². The molecular formula is C11H11F2N5OS. The maximum absolute atomic E-state index is 13.3. The zero-order chi connectivity index (χ0) is 14.7. The van der Waals surface area contributed by atoms with E-state index in [1.54, 1.807) is 7.05 Å². The predicted molar refractivity (Wildman–Crippen MR) is 71.1 cm³/mol. The molecule has 1 amide bonds. The third kappa shape index (κ3) is 3.23. The lowest BCUT2D eigenvalue weighted by Gasteiger charge is -2.06. The number of nitrogens with one attached hydrogen (secondary N) is 1. The summed E-state index contributed by atoms with van der Waals surface area (Å²) in [6.45, 7) is 0. The van der Waals surface area contributed by atoms with Gasteiger partial charge in [0.05, 0.1) is 11.4 Å². The summed E-state index contributed by atoms with van der Waals surface area (Å²) in [6, 6.07) is 2.93. The van der Waals surface area contributed by atoms with Crippen LogP contribution in [0.1, 0.15) is 0 Å². The second-order valence-corrected chi connectivity index (χ2v) is 4.80. The average Bonchev–Trinajstić information content (AvgIpc) is 2.71. The largest absolute Gasteiger partial charge is 0.368 e. The summed E-state index contributed by atoms with van der Waals surface area (Å²) in [6.07, 6.45) is 0. The molecule has 20 heavy (non-hydrogen) atoms. The van der Waals surface area contributed by atoms with Crippen LogP contribution in [-0.4, -0.2) is 26.4 Å². The molecule has 0 aliphatic carbocycles. The number of hydrogen-bond acceptors (Lipinski definition) is 5. The van der Waals surface area contributed by atoms with E-state index in [0.717, 1.165) is 23.9 Å². The number of halogens is 2. The second kappa shape index (κ2) is 5.87. The Bertz CT molecular complexity index is 646. The third-order valence-corrected chi connectivity index (χ3v) is 3.43. The molecule has 0 unspecified atom stereocenters. The lowest BCUT2D eigenvalue weighted by Crippen LogP contribution is -2.15. The van der Waals surface area contributed by atoms with Crippen LogP contribution in [0, 0.1) is 11.6 Å². The van der Waals surface area contributed by atoms with E-state index in [1.807, 2.05) is 0 Å². The van der Waals surface area contributed by atoms with Crippen LogP contribution < -0.4 is 11.1 Å². The fourth-order valence-corrected chi connectivity index (χ4v) is 2.08. The number of thioether (sulfide) groups is 1. The minimum Gasteiger partial charge on any atom is -0.368 e. The summed E-state index contributed by atoms with van der Waals surface area (Å²) in [7, 11) is 1.66. The van der Waals surface area contributed by atoms with E-state index in [-0.39, 0.29) is 17.4 Å². The van der Waals surface area contributed by atoms with E-state index in [1.165, 1.54) is 4.57 Å². The standard InChI is InChI=1S/C11H11F2N5OS/c1-18-10(14)16-17-11(18)20-5-9(19)15-8-3-2-6(12)4-7(8)13/h2-4H,5H2,1H3,(H2,14,16)(H,15,19). The highest BCUT2D eigenvalue weighted by Crippen LogP contribution is 2.18. The van der Waals surface area contributed by atoms with Gasteiger partial charge in [-0.1, -0.05) is 11.8 Å². The minimum absolute atomic E-state index is 0.00277. The summed E-state index contributed by atoms with van der Waals surface area (Å²) in [5, 5.41) is 10.2. The Morgan fingerprint density at radius 1 is 1.45 bits per heavy atom. The van der Waals surface area contributed by atoms with Crippen molar-refractivity contribution in [3.63, 3.8) is 0 Å². The molecule has 0 saturated carbocycles. The Morgan fingerprint density at radius 3 is 2.80 bits per heavy atom. The van der Waals surface area contributed by atoms with Gasteiger partial charge in [0.1, 0.15) is 11.6 Å². The van der Waals surface area contributed by atoms with Crippen molar-refractivity contribution in [2.24, 2.45) is 7.05 Å². The molecule has 1 aromatic heterocycles. The highest BCUT2D eigenvalue weighted by atomic mass is 32.2. The average molecular weight is 299 g/mol. The van der Waals surface area contributed by atoms with E-state index in [4.69, 9.17) is 5.73 Å². The Kier molecular flexibility index (Phi) is 4.18. The minimum atomic E-state index is -0.828. The maximum Gasteiger partial charge on any atom is 0.234 e. The van der Waals surface area contributed by atoms with Crippen molar-refractivity contribution in [3.05, 3.63) is 29.8 Å². The van der Waals surface area contributed by atoms with E-state index in [9.17, 15) is 13.6 Å². The number of anilines is 2. The first kappa shape index (κ1) is 14.3. The quantitative estimate of drug-likeness (QED) is 0.834. The van der Waals surface area contributed by atoms with Crippen LogP contribution in [0.15, 0.2) is 23.4 Å². The molecule has 1 heterocycles. The Morgan fingerprint density at radius 2 is 2.20 bits per heavy atom. The van der Waals surface area contributed by atoms with Gasteiger partial charge in [-0.15, -0.1) is 10.2 Å². The smallest absolute Gasteiger partial charge is 0.234 e. The highest BCUT2D eigenvalue weighted by molar-refractivity contribution is 7.99. The number of hydrogen-bond donors (Lipinski definition) is 2. The number of aromatic nitrogens is 3. The van der Waals surface area contributed by atoms with Crippen molar-refractivity contribution < 1.29 is 13.6 Å². The molecule has 6 nitrogen and oxygen atoms in total. The number of nitrogens with two attached hydrogens (primary N) is 1. The Hall–Kier alpha value is -2.16. The van der Waals surface area contributed by atoms with Crippen molar-refractivity contribution in [3.8, 4) is 0 Å². The van der Waals surface area contributed by atoms with Crippen LogP contribution in [0.5, 0.6) is 0 Å². The molecule has 0 radical (unpaired) electrons. The molecule has 0 aliphatic rings. The fraction of sp³-hybridized carbons (Fsp3) is 0.182. The number of nitrogens with zero attached hydrogens (tertiary/aromatic N) is 3. The second-order valence-electron chi connectivity index (χ2n) is 3.86. The number of carbonyl (C=O) groups is 1. The summed E-state index contributed by atoms with van der Waals surface area (Å²) in [4.78, 5) is 11.7. The number of nitrogen functional groups attached to an aromatic ring is 1. The molecule has 0 aliphatic heterocycles. The van der Waals surface area contributed by atoms with Gasteiger partial charge in [0.15, 0.2) is 5.16 Å². The molecule has 0 fully saturated rings. The molecule has 2 rings (SSSR count).